The summed E-state index contributed by atoms with van der Waals surface area (Å²) < 4.78 is 15.8. The zero-order valence-corrected chi connectivity index (χ0v) is 16.7. The number of ether oxygens (including phenoxy) is 3. The van der Waals surface area contributed by atoms with Crippen LogP contribution in [0.2, 0.25) is 0 Å². The van der Waals surface area contributed by atoms with E-state index in [9.17, 15) is 10.1 Å². The highest BCUT2D eigenvalue weighted by molar-refractivity contribution is 9.10. The first kappa shape index (κ1) is 19.5. The lowest BCUT2D eigenvalue weighted by atomic mass is 10.1. The Hall–Kier alpha value is -3.31. The molecule has 0 saturated carbocycles. The van der Waals surface area contributed by atoms with Crippen molar-refractivity contribution in [1.29, 1.82) is 5.26 Å². The van der Waals surface area contributed by atoms with E-state index in [1.165, 1.54) is 7.11 Å². The van der Waals surface area contributed by atoms with Gasteiger partial charge in [0.1, 0.15) is 23.4 Å². The molecule has 0 spiro atoms. The largest absolute Gasteiger partial charge is 0.497 e. The van der Waals surface area contributed by atoms with Gasteiger partial charge in [0.2, 0.25) is 0 Å². The second kappa shape index (κ2) is 8.59. The van der Waals surface area contributed by atoms with Gasteiger partial charge in [-0.3, -0.25) is 0 Å². The molecule has 0 saturated heterocycles. The van der Waals surface area contributed by atoms with Crippen LogP contribution in [0, 0.1) is 11.3 Å². The number of fused-ring (bicyclic) bond motifs is 1. The molecule has 0 amide bonds. The summed E-state index contributed by atoms with van der Waals surface area (Å²) in [6.07, 6.45) is 1.71. The summed E-state index contributed by atoms with van der Waals surface area (Å²) in [6, 6.07) is 12.9. The first-order chi connectivity index (χ1) is 13.5. The molecule has 0 unspecified atom stereocenters. The Morgan fingerprint density at radius 3 is 2.79 bits per heavy atom. The molecule has 0 aliphatic carbocycles. The molecule has 28 heavy (non-hydrogen) atoms. The normalized spacial score (nSPS) is 11.1. The molecule has 0 radical (unpaired) electrons. The van der Waals surface area contributed by atoms with Gasteiger partial charge < -0.3 is 19.2 Å². The number of carbonyl (C=O) groups excluding carboxylic acids is 1. The minimum atomic E-state index is -0.468. The first-order valence-electron chi connectivity index (χ1n) is 8.19. The van der Waals surface area contributed by atoms with Crippen molar-refractivity contribution in [2.75, 3.05) is 20.8 Å². The number of aromatic nitrogens is 2. The van der Waals surface area contributed by atoms with Gasteiger partial charge in [-0.1, -0.05) is 6.07 Å². The van der Waals surface area contributed by atoms with Crippen LogP contribution >= 0.6 is 15.9 Å². The number of nitrogens with one attached hydrogen (secondary N) is 1. The Labute approximate surface area is 169 Å². The smallest absolute Gasteiger partial charge is 0.343 e. The Balaban J connectivity index is 1.87. The van der Waals surface area contributed by atoms with Crippen LogP contribution in [0.4, 0.5) is 0 Å². The number of H-pyrrole nitrogens is 1. The fourth-order valence-electron chi connectivity index (χ4n) is 2.48. The van der Waals surface area contributed by atoms with E-state index in [-0.39, 0.29) is 6.61 Å². The first-order valence-corrected chi connectivity index (χ1v) is 8.98. The Morgan fingerprint density at radius 2 is 2.11 bits per heavy atom. The lowest BCUT2D eigenvalue weighted by molar-refractivity contribution is -0.142. The van der Waals surface area contributed by atoms with Crippen LogP contribution in [0.15, 0.2) is 40.9 Å². The van der Waals surface area contributed by atoms with E-state index in [1.807, 2.05) is 18.2 Å². The lowest BCUT2D eigenvalue weighted by Crippen LogP contribution is -2.12. The lowest BCUT2D eigenvalue weighted by Gasteiger charge is -2.07. The number of hydrogen-bond donors (Lipinski definition) is 1. The molecule has 1 aromatic heterocycles. The van der Waals surface area contributed by atoms with Gasteiger partial charge in [-0.05, 0) is 51.8 Å². The molecule has 0 aliphatic rings. The minimum absolute atomic E-state index is 0.184. The molecule has 7 nitrogen and oxygen atoms in total. The maximum Gasteiger partial charge on any atom is 0.343 e. The molecule has 3 aromatic rings. The maximum atomic E-state index is 11.2. The van der Waals surface area contributed by atoms with E-state index < -0.39 is 5.97 Å². The van der Waals surface area contributed by atoms with Crippen molar-refractivity contribution >= 4 is 44.6 Å². The molecule has 3 rings (SSSR count). The molecule has 0 fully saturated rings. The molecule has 0 aliphatic heterocycles. The number of hydrogen-bond acceptors (Lipinski definition) is 6. The number of nitriles is 1. The van der Waals surface area contributed by atoms with Crippen molar-refractivity contribution in [1.82, 2.24) is 9.97 Å². The van der Waals surface area contributed by atoms with Crippen molar-refractivity contribution in [2.24, 2.45) is 0 Å². The van der Waals surface area contributed by atoms with E-state index in [4.69, 9.17) is 9.47 Å². The molecular formula is C20H16BrN3O4. The van der Waals surface area contributed by atoms with Gasteiger partial charge in [-0.2, -0.15) is 5.26 Å². The molecule has 2 aromatic carbocycles. The van der Waals surface area contributed by atoms with Crippen molar-refractivity contribution < 1.29 is 19.0 Å². The number of nitrogens with zero attached hydrogens (tertiary/aromatic N) is 2. The van der Waals surface area contributed by atoms with Gasteiger partial charge >= 0.3 is 5.97 Å². The average Bonchev–Trinajstić information content (AvgIpc) is 3.13. The zero-order valence-electron chi connectivity index (χ0n) is 15.2. The fraction of sp³-hybridized carbons (Fsp3) is 0.150. The van der Waals surface area contributed by atoms with E-state index in [2.05, 4.69) is 36.7 Å². The highest BCUT2D eigenvalue weighted by Gasteiger charge is 2.10. The number of allylic oxidation sites excluding steroid dienone is 1. The minimum Gasteiger partial charge on any atom is -0.497 e. The monoisotopic (exact) mass is 441 g/mol. The predicted octanol–water partition coefficient (Wildman–Crippen LogP) is 3.95. The van der Waals surface area contributed by atoms with Crippen molar-refractivity contribution in [3.63, 3.8) is 0 Å². The van der Waals surface area contributed by atoms with E-state index >= 15 is 0 Å². The number of halogens is 1. The second-order valence-electron chi connectivity index (χ2n) is 5.69. The van der Waals surface area contributed by atoms with E-state index in [1.54, 1.807) is 31.4 Å². The fourth-order valence-corrected chi connectivity index (χ4v) is 2.99. The standard InChI is InChI=1S/C20H16BrN3O4/c1-26-14-4-5-16-17(9-14)24-20(23-16)13(10-22)7-12-3-6-18(15(21)8-12)28-11-19(25)27-2/h3-9H,11H2,1-2H3,(H,23,24)/b13-7-. The third kappa shape index (κ3) is 4.32. The third-order valence-corrected chi connectivity index (χ3v) is 4.52. The van der Waals surface area contributed by atoms with E-state index in [0.717, 1.165) is 16.6 Å². The zero-order chi connectivity index (χ0) is 20.1. The van der Waals surface area contributed by atoms with Gasteiger partial charge in [-0.15, -0.1) is 0 Å². The number of benzene rings is 2. The quantitative estimate of drug-likeness (QED) is 0.459. The number of aromatic amines is 1. The topological polar surface area (TPSA) is 97.2 Å². The molecule has 1 heterocycles. The summed E-state index contributed by atoms with van der Waals surface area (Å²) >= 11 is 3.40. The Bertz CT molecular complexity index is 1100. The second-order valence-corrected chi connectivity index (χ2v) is 6.55. The van der Waals surface area contributed by atoms with Crippen LogP contribution in [-0.2, 0) is 9.53 Å². The molecule has 0 atom stereocenters. The highest BCUT2D eigenvalue weighted by atomic mass is 79.9. The van der Waals surface area contributed by atoms with Crippen molar-refractivity contribution in [3.8, 4) is 17.6 Å². The van der Waals surface area contributed by atoms with Crippen molar-refractivity contribution in [2.45, 2.75) is 0 Å². The summed E-state index contributed by atoms with van der Waals surface area (Å²) in [6.45, 7) is -0.184. The van der Waals surface area contributed by atoms with Crippen LogP contribution in [0.25, 0.3) is 22.7 Å². The highest BCUT2D eigenvalue weighted by Crippen LogP contribution is 2.28. The van der Waals surface area contributed by atoms with Crippen LogP contribution in [-0.4, -0.2) is 36.8 Å². The van der Waals surface area contributed by atoms with E-state index in [0.29, 0.717) is 27.4 Å². The molecule has 1 N–H and O–H groups in total. The summed E-state index contributed by atoms with van der Waals surface area (Å²) in [5.74, 6) is 1.20. The summed E-state index contributed by atoms with van der Waals surface area (Å²) in [4.78, 5) is 18.8. The van der Waals surface area contributed by atoms with Crippen LogP contribution in [0.3, 0.4) is 0 Å². The number of carbonyl (C=O) groups is 1. The summed E-state index contributed by atoms with van der Waals surface area (Å²) in [5, 5.41) is 9.57. The van der Waals surface area contributed by atoms with Crippen molar-refractivity contribution in [3.05, 3.63) is 52.3 Å². The van der Waals surface area contributed by atoms with Gasteiger partial charge in [0.25, 0.3) is 0 Å². The SMILES string of the molecule is COC(=O)COc1ccc(/C=C(/C#N)c2nc3ccc(OC)cc3[nH]2)cc1Br. The predicted molar refractivity (Wildman–Crippen MR) is 108 cm³/mol. The Morgan fingerprint density at radius 1 is 1.29 bits per heavy atom. The van der Waals surface area contributed by atoms with Gasteiger partial charge in [-0.25, -0.2) is 9.78 Å². The number of methoxy groups -OCH3 is 2. The molecular weight excluding hydrogens is 426 g/mol. The molecule has 142 valence electrons. The third-order valence-electron chi connectivity index (χ3n) is 3.90. The van der Waals surface area contributed by atoms with Gasteiger partial charge in [0.05, 0.1) is 35.3 Å². The van der Waals surface area contributed by atoms with Crippen LogP contribution in [0.5, 0.6) is 11.5 Å². The molecule has 0 bridgehead atoms. The molecule has 8 heteroatoms. The van der Waals surface area contributed by atoms with Gasteiger partial charge in [0, 0.05) is 6.07 Å². The average molecular weight is 442 g/mol. The number of imidazole rings is 1. The summed E-state index contributed by atoms with van der Waals surface area (Å²) in [5.41, 5.74) is 2.67. The van der Waals surface area contributed by atoms with Gasteiger partial charge in [0.15, 0.2) is 6.61 Å². The number of rotatable bonds is 6. The summed E-state index contributed by atoms with van der Waals surface area (Å²) in [7, 11) is 2.89. The Kier molecular flexibility index (Phi) is 5.96. The maximum absolute atomic E-state index is 11.2. The number of esters is 1. The van der Waals surface area contributed by atoms with Crippen LogP contribution in [0.1, 0.15) is 11.4 Å². The van der Waals surface area contributed by atoms with Crippen LogP contribution < -0.4 is 9.47 Å².